The van der Waals surface area contributed by atoms with Gasteiger partial charge in [-0.1, -0.05) is 0 Å². The first-order valence-electron chi connectivity index (χ1n) is 6.42. The molecule has 10 heteroatoms. The third-order valence-electron chi connectivity index (χ3n) is 3.15. The fourth-order valence-electron chi connectivity index (χ4n) is 2.19. The Labute approximate surface area is 131 Å². The molecule has 0 amide bonds. The van der Waals surface area contributed by atoms with Crippen LogP contribution >= 0.6 is 0 Å². The maximum atomic E-state index is 14.2. The van der Waals surface area contributed by atoms with E-state index in [2.05, 4.69) is 5.10 Å². The number of aromatic nitrogens is 2. The van der Waals surface area contributed by atoms with Gasteiger partial charge in [0.2, 0.25) is 0 Å². The highest BCUT2D eigenvalue weighted by atomic mass is 32.2. The predicted octanol–water partition coefficient (Wildman–Crippen LogP) is 2.18. The van der Waals surface area contributed by atoms with E-state index in [0.29, 0.717) is 0 Å². The van der Waals surface area contributed by atoms with Gasteiger partial charge in [0, 0.05) is 6.07 Å². The summed E-state index contributed by atoms with van der Waals surface area (Å²) in [6, 6.07) is 2.23. The van der Waals surface area contributed by atoms with Gasteiger partial charge in [0.15, 0.2) is 0 Å². The summed E-state index contributed by atoms with van der Waals surface area (Å²) >= 11 is 0. The van der Waals surface area contributed by atoms with Crippen LogP contribution in [-0.2, 0) is 10.1 Å². The van der Waals surface area contributed by atoms with Gasteiger partial charge in [-0.2, -0.15) is 13.5 Å². The maximum absolute atomic E-state index is 14.2. The molecule has 1 heterocycles. The van der Waals surface area contributed by atoms with E-state index in [4.69, 9.17) is 4.18 Å². The Bertz CT molecular complexity index is 905. The van der Waals surface area contributed by atoms with Crippen molar-refractivity contribution in [1.29, 1.82) is 0 Å². The number of nitro groups is 1. The lowest BCUT2D eigenvalue weighted by Gasteiger charge is -2.11. The van der Waals surface area contributed by atoms with Gasteiger partial charge >= 0.3 is 15.8 Å². The summed E-state index contributed by atoms with van der Waals surface area (Å²) in [7, 11) is -3.80. The zero-order valence-electron chi connectivity index (χ0n) is 12.8. The summed E-state index contributed by atoms with van der Waals surface area (Å²) in [5.74, 6) is -0.775. The summed E-state index contributed by atoms with van der Waals surface area (Å²) in [5, 5.41) is 15.0. The van der Waals surface area contributed by atoms with Crippen LogP contribution in [0.15, 0.2) is 12.1 Å². The number of halogens is 1. The first-order valence-corrected chi connectivity index (χ1v) is 8.23. The Hall–Kier alpha value is -2.49. The molecule has 0 N–H and O–H groups in total. The second-order valence-electron chi connectivity index (χ2n) is 5.04. The van der Waals surface area contributed by atoms with E-state index in [1.807, 2.05) is 0 Å². The first-order chi connectivity index (χ1) is 10.5. The van der Waals surface area contributed by atoms with Gasteiger partial charge in [-0.15, -0.1) is 0 Å². The van der Waals surface area contributed by atoms with Gasteiger partial charge in [-0.3, -0.25) is 10.1 Å². The standard InChI is InChI=1S/C13H14FN3O5S/c1-7-5-10(14)11(6-12(7)22-23(4,20)21)16-9(3)13(17(18)19)8(2)15-16/h5-6H,1-4H3. The molecule has 2 aromatic rings. The minimum atomic E-state index is -3.80. The molecule has 0 unspecified atom stereocenters. The van der Waals surface area contributed by atoms with Crippen molar-refractivity contribution in [3.05, 3.63) is 45.0 Å². The van der Waals surface area contributed by atoms with Gasteiger partial charge in [0.1, 0.15) is 28.6 Å². The van der Waals surface area contributed by atoms with Crippen LogP contribution in [-0.4, -0.2) is 29.4 Å². The molecule has 2 rings (SSSR count). The molecule has 1 aromatic carbocycles. The highest BCUT2D eigenvalue weighted by molar-refractivity contribution is 7.86. The number of nitrogens with zero attached hydrogens (tertiary/aromatic N) is 3. The molecule has 0 atom stereocenters. The van der Waals surface area contributed by atoms with Crippen LogP contribution in [0.4, 0.5) is 10.1 Å². The average Bonchev–Trinajstić information content (AvgIpc) is 2.66. The largest absolute Gasteiger partial charge is 0.382 e. The molecule has 8 nitrogen and oxygen atoms in total. The van der Waals surface area contributed by atoms with Gasteiger partial charge in [-0.25, -0.2) is 9.07 Å². The maximum Gasteiger partial charge on any atom is 0.313 e. The molecule has 0 aliphatic rings. The molecule has 0 radical (unpaired) electrons. The number of benzene rings is 1. The topological polar surface area (TPSA) is 104 Å². The fraction of sp³-hybridized carbons (Fsp3) is 0.308. The third kappa shape index (κ3) is 3.31. The average molecular weight is 343 g/mol. The van der Waals surface area contributed by atoms with Gasteiger partial charge < -0.3 is 4.18 Å². The Morgan fingerprint density at radius 1 is 1.30 bits per heavy atom. The molecule has 124 valence electrons. The van der Waals surface area contributed by atoms with Crippen molar-refractivity contribution in [2.24, 2.45) is 0 Å². The highest BCUT2D eigenvalue weighted by Crippen LogP contribution is 2.30. The monoisotopic (exact) mass is 343 g/mol. The SMILES string of the molecule is Cc1cc(F)c(-n2nc(C)c([N+](=O)[O-])c2C)cc1OS(C)(=O)=O. The van der Waals surface area contributed by atoms with E-state index >= 15 is 0 Å². The molecule has 0 saturated heterocycles. The molecule has 1 aromatic heterocycles. The van der Waals surface area contributed by atoms with Crippen molar-refractivity contribution < 1.29 is 21.9 Å². The number of aryl methyl sites for hydroxylation is 2. The Morgan fingerprint density at radius 3 is 2.39 bits per heavy atom. The molecular formula is C13H14FN3O5S. The number of hydrogen-bond donors (Lipinski definition) is 0. The summed E-state index contributed by atoms with van der Waals surface area (Å²) in [6.45, 7) is 4.34. The fourth-order valence-corrected chi connectivity index (χ4v) is 2.70. The summed E-state index contributed by atoms with van der Waals surface area (Å²) in [5.41, 5.74) is 0.157. The van der Waals surface area contributed by atoms with Crippen LogP contribution in [0.25, 0.3) is 5.69 Å². The molecule has 23 heavy (non-hydrogen) atoms. The van der Waals surface area contributed by atoms with E-state index in [-0.39, 0.29) is 34.1 Å². The molecule has 0 saturated carbocycles. The van der Waals surface area contributed by atoms with Crippen LogP contribution in [0.5, 0.6) is 5.75 Å². The lowest BCUT2D eigenvalue weighted by Crippen LogP contribution is -2.09. The molecule has 0 aliphatic heterocycles. The van der Waals surface area contributed by atoms with Gasteiger partial charge in [0.25, 0.3) is 0 Å². The summed E-state index contributed by atoms with van der Waals surface area (Å²) in [6.07, 6.45) is 0.865. The Kier molecular flexibility index (Phi) is 4.12. The minimum absolute atomic E-state index is 0.0703. The van der Waals surface area contributed by atoms with E-state index in [0.717, 1.165) is 23.1 Å². The van der Waals surface area contributed by atoms with Crippen LogP contribution in [0, 0.1) is 36.7 Å². The van der Waals surface area contributed by atoms with E-state index in [9.17, 15) is 22.9 Å². The van der Waals surface area contributed by atoms with Crippen LogP contribution in [0.2, 0.25) is 0 Å². The van der Waals surface area contributed by atoms with Crippen molar-refractivity contribution in [2.45, 2.75) is 20.8 Å². The van der Waals surface area contributed by atoms with E-state index in [1.165, 1.54) is 20.8 Å². The van der Waals surface area contributed by atoms with Crippen molar-refractivity contribution in [1.82, 2.24) is 9.78 Å². The van der Waals surface area contributed by atoms with Gasteiger partial charge in [0.05, 0.1) is 11.2 Å². The van der Waals surface area contributed by atoms with Crippen molar-refractivity contribution in [3.63, 3.8) is 0 Å². The lowest BCUT2D eigenvalue weighted by atomic mass is 10.2. The zero-order chi connectivity index (χ0) is 17.5. The van der Waals surface area contributed by atoms with Crippen molar-refractivity contribution in [2.75, 3.05) is 6.26 Å². The predicted molar refractivity (Wildman–Crippen MR) is 79.9 cm³/mol. The second-order valence-corrected chi connectivity index (χ2v) is 6.62. The van der Waals surface area contributed by atoms with Crippen LogP contribution in [0.1, 0.15) is 17.0 Å². The molecule has 0 aliphatic carbocycles. The van der Waals surface area contributed by atoms with Crippen molar-refractivity contribution >= 4 is 15.8 Å². The normalized spacial score (nSPS) is 11.5. The number of rotatable bonds is 4. The molecule has 0 spiro atoms. The minimum Gasteiger partial charge on any atom is -0.382 e. The van der Waals surface area contributed by atoms with Crippen LogP contribution in [0.3, 0.4) is 0 Å². The molecular weight excluding hydrogens is 329 g/mol. The quantitative estimate of drug-likeness (QED) is 0.479. The third-order valence-corrected chi connectivity index (χ3v) is 3.63. The summed E-state index contributed by atoms with van der Waals surface area (Å²) in [4.78, 5) is 10.4. The second kappa shape index (κ2) is 5.61. The first kappa shape index (κ1) is 16.9. The van der Waals surface area contributed by atoms with Crippen molar-refractivity contribution in [3.8, 4) is 11.4 Å². The summed E-state index contributed by atoms with van der Waals surface area (Å²) < 4.78 is 42.6. The smallest absolute Gasteiger partial charge is 0.313 e. The Morgan fingerprint density at radius 2 is 1.91 bits per heavy atom. The lowest BCUT2D eigenvalue weighted by molar-refractivity contribution is -0.386. The van der Waals surface area contributed by atoms with Crippen LogP contribution < -0.4 is 4.18 Å². The Balaban J connectivity index is 2.67. The molecule has 0 fully saturated rings. The number of hydrogen-bond acceptors (Lipinski definition) is 6. The van der Waals surface area contributed by atoms with E-state index < -0.39 is 20.9 Å². The van der Waals surface area contributed by atoms with E-state index in [1.54, 1.807) is 0 Å². The highest BCUT2D eigenvalue weighted by Gasteiger charge is 2.24. The molecule has 0 bridgehead atoms. The van der Waals surface area contributed by atoms with Gasteiger partial charge in [-0.05, 0) is 32.4 Å². The zero-order valence-corrected chi connectivity index (χ0v) is 13.6.